The molecule has 0 atom stereocenters. The molecule has 0 aliphatic heterocycles. The lowest BCUT2D eigenvalue weighted by atomic mass is 10.1. The zero-order chi connectivity index (χ0) is 31.5. The second-order valence-electron chi connectivity index (χ2n) is 10.3. The molecule has 7 nitrogen and oxygen atoms in total. The molecule has 0 heterocycles. The van der Waals surface area contributed by atoms with Crippen molar-refractivity contribution >= 4 is 68.1 Å². The van der Waals surface area contributed by atoms with Crippen LogP contribution in [0.25, 0.3) is 0 Å². The van der Waals surface area contributed by atoms with Gasteiger partial charge in [-0.1, -0.05) is 77.8 Å². The number of carbonyl (C=O) groups excluding carboxylic acids is 2. The summed E-state index contributed by atoms with van der Waals surface area (Å²) in [6.45, 7) is 1.73. The van der Waals surface area contributed by atoms with Crippen LogP contribution in [0.4, 0.5) is 17.1 Å². The molecule has 10 heteroatoms. The molecule has 0 aromatic heterocycles. The van der Waals surface area contributed by atoms with Gasteiger partial charge in [-0.3, -0.25) is 9.69 Å². The highest BCUT2D eigenvalue weighted by atomic mass is 79.9. The summed E-state index contributed by atoms with van der Waals surface area (Å²) in [4.78, 5) is 27.5. The Balaban J connectivity index is 1.21. The first kappa shape index (κ1) is 33.3. The molecule has 0 radical (unpaired) electrons. The minimum Gasteiger partial charge on any atom is -0.465 e. The van der Waals surface area contributed by atoms with Crippen LogP contribution in [0.15, 0.2) is 89.4 Å². The number of nitrogen functional groups attached to an aromatic ring is 1. The first-order valence-electron chi connectivity index (χ1n) is 14.1. The Morgan fingerprint density at radius 2 is 1.50 bits per heavy atom. The Kier molecular flexibility index (Phi) is 12.5. The van der Waals surface area contributed by atoms with Gasteiger partial charge in [0.2, 0.25) is 0 Å². The van der Waals surface area contributed by atoms with E-state index in [1.807, 2.05) is 49.5 Å². The highest BCUT2D eigenvalue weighted by Gasteiger charge is 2.16. The number of nitrogens with one attached hydrogen (secondary N) is 1. The zero-order valence-electron chi connectivity index (χ0n) is 24.3. The minimum absolute atomic E-state index is 0.0785. The molecule has 0 aliphatic carbocycles. The quantitative estimate of drug-likeness (QED) is 0.0776. The van der Waals surface area contributed by atoms with Crippen LogP contribution in [0.3, 0.4) is 0 Å². The Labute approximate surface area is 276 Å². The predicted octanol–water partition coefficient (Wildman–Crippen LogP) is 8.44. The van der Waals surface area contributed by atoms with Crippen molar-refractivity contribution in [1.82, 2.24) is 4.90 Å². The zero-order valence-corrected chi connectivity index (χ0v) is 27.4. The second kappa shape index (κ2) is 16.5. The summed E-state index contributed by atoms with van der Waals surface area (Å²) in [7, 11) is 2.00. The Bertz CT molecular complexity index is 1570. The molecular formula is C34H34BrCl2N3O4. The summed E-state index contributed by atoms with van der Waals surface area (Å²) in [6.07, 6.45) is 1.18. The molecule has 0 saturated carbocycles. The first-order chi connectivity index (χ1) is 21.2. The molecule has 44 heavy (non-hydrogen) atoms. The van der Waals surface area contributed by atoms with Crippen LogP contribution < -0.4 is 11.1 Å². The average Bonchev–Trinajstić information content (AvgIpc) is 3.00. The smallest absolute Gasteiger partial charge is 0.338 e. The van der Waals surface area contributed by atoms with Crippen LogP contribution in [-0.4, -0.2) is 37.1 Å². The summed E-state index contributed by atoms with van der Waals surface area (Å²) in [5.41, 5.74) is 11.4. The standard InChI is InChI=1S/C34H34BrCl2N3O4/c1-40(21-23-10-3-2-4-11-23)22-26-18-25(19-27(35)32(26)38)34(42)44-17-8-7-16-43-31(41)20-24-12-5-6-15-30(24)39-33-28(36)13-9-14-29(33)37/h2-6,9-15,18-19,39H,7-8,16-17,20-22,38H2,1H3. The van der Waals surface area contributed by atoms with Gasteiger partial charge < -0.3 is 20.5 Å². The maximum Gasteiger partial charge on any atom is 0.338 e. The molecule has 0 spiro atoms. The van der Waals surface area contributed by atoms with Crippen molar-refractivity contribution < 1.29 is 19.1 Å². The van der Waals surface area contributed by atoms with Gasteiger partial charge in [0.05, 0.1) is 46.6 Å². The topological polar surface area (TPSA) is 93.9 Å². The highest BCUT2D eigenvalue weighted by Crippen LogP contribution is 2.34. The van der Waals surface area contributed by atoms with Crippen molar-refractivity contribution in [1.29, 1.82) is 0 Å². The third-order valence-electron chi connectivity index (χ3n) is 6.80. The first-order valence-corrected chi connectivity index (χ1v) is 15.7. The average molecular weight is 699 g/mol. The Morgan fingerprint density at radius 3 is 2.23 bits per heavy atom. The van der Waals surface area contributed by atoms with Crippen molar-refractivity contribution in [2.75, 3.05) is 31.3 Å². The van der Waals surface area contributed by atoms with E-state index in [0.717, 1.165) is 17.7 Å². The lowest BCUT2D eigenvalue weighted by Crippen LogP contribution is -2.19. The van der Waals surface area contributed by atoms with E-state index in [4.69, 9.17) is 38.4 Å². The van der Waals surface area contributed by atoms with Gasteiger partial charge in [0.15, 0.2) is 0 Å². The summed E-state index contributed by atoms with van der Waals surface area (Å²) in [6, 6.07) is 26.2. The molecule has 0 aliphatic rings. The van der Waals surface area contributed by atoms with Gasteiger partial charge in [0, 0.05) is 23.2 Å². The van der Waals surface area contributed by atoms with Gasteiger partial charge in [0.25, 0.3) is 0 Å². The summed E-state index contributed by atoms with van der Waals surface area (Å²) in [5, 5.41) is 4.18. The van der Waals surface area contributed by atoms with Crippen molar-refractivity contribution in [2.24, 2.45) is 0 Å². The number of esters is 2. The van der Waals surface area contributed by atoms with Crippen LogP contribution in [0.1, 0.15) is 39.9 Å². The monoisotopic (exact) mass is 697 g/mol. The highest BCUT2D eigenvalue weighted by molar-refractivity contribution is 9.10. The van der Waals surface area contributed by atoms with E-state index in [1.165, 1.54) is 5.56 Å². The third-order valence-corrected chi connectivity index (χ3v) is 8.08. The number of para-hydroxylation sites is 2. The number of nitrogens with two attached hydrogens (primary N) is 1. The molecule has 4 rings (SSSR count). The number of carbonyl (C=O) groups is 2. The Hall–Kier alpha value is -3.56. The molecule has 4 aromatic rings. The largest absolute Gasteiger partial charge is 0.465 e. The van der Waals surface area contributed by atoms with Gasteiger partial charge >= 0.3 is 11.9 Å². The molecule has 0 fully saturated rings. The van der Waals surface area contributed by atoms with E-state index in [-0.39, 0.29) is 25.6 Å². The summed E-state index contributed by atoms with van der Waals surface area (Å²) < 4.78 is 11.6. The van der Waals surface area contributed by atoms with E-state index >= 15 is 0 Å². The maximum atomic E-state index is 12.8. The Morgan fingerprint density at radius 1 is 0.841 bits per heavy atom. The number of benzene rings is 4. The van der Waals surface area contributed by atoms with Crippen LogP contribution in [-0.2, 0) is 33.8 Å². The molecule has 4 aromatic carbocycles. The molecule has 230 valence electrons. The normalized spacial score (nSPS) is 10.9. The predicted molar refractivity (Wildman–Crippen MR) is 181 cm³/mol. The number of anilines is 3. The molecule has 0 saturated heterocycles. The van der Waals surface area contributed by atoms with Gasteiger partial charge in [-0.25, -0.2) is 4.79 Å². The molecular weight excluding hydrogens is 665 g/mol. The lowest BCUT2D eigenvalue weighted by Gasteiger charge is -2.19. The molecule has 3 N–H and O–H groups in total. The number of halogens is 3. The fourth-order valence-electron chi connectivity index (χ4n) is 4.56. The molecule has 0 amide bonds. The van der Waals surface area contributed by atoms with Crippen molar-refractivity contribution in [3.63, 3.8) is 0 Å². The van der Waals surface area contributed by atoms with Crippen molar-refractivity contribution in [3.05, 3.63) is 122 Å². The van der Waals surface area contributed by atoms with Gasteiger partial charge in [-0.15, -0.1) is 0 Å². The fraction of sp³-hybridized carbons (Fsp3) is 0.235. The van der Waals surface area contributed by atoms with E-state index < -0.39 is 5.97 Å². The van der Waals surface area contributed by atoms with E-state index in [2.05, 4.69) is 38.3 Å². The number of unbranched alkanes of at least 4 members (excludes halogenated alkanes) is 1. The van der Waals surface area contributed by atoms with E-state index in [9.17, 15) is 9.59 Å². The minimum atomic E-state index is -0.433. The van der Waals surface area contributed by atoms with Crippen LogP contribution >= 0.6 is 39.1 Å². The fourth-order valence-corrected chi connectivity index (χ4v) is 5.55. The maximum absolute atomic E-state index is 12.8. The number of nitrogens with zero attached hydrogens (tertiary/aromatic N) is 1. The number of ether oxygens (including phenoxy) is 2. The second-order valence-corrected chi connectivity index (χ2v) is 12.0. The number of hydrogen-bond acceptors (Lipinski definition) is 7. The van der Waals surface area contributed by atoms with Crippen LogP contribution in [0.5, 0.6) is 0 Å². The molecule has 0 unspecified atom stereocenters. The van der Waals surface area contributed by atoms with Gasteiger partial charge in [-0.05, 0) is 82.8 Å². The van der Waals surface area contributed by atoms with Crippen molar-refractivity contribution in [3.8, 4) is 0 Å². The lowest BCUT2D eigenvalue weighted by molar-refractivity contribution is -0.143. The van der Waals surface area contributed by atoms with Crippen molar-refractivity contribution in [2.45, 2.75) is 32.4 Å². The molecule has 0 bridgehead atoms. The third kappa shape index (κ3) is 9.72. The van der Waals surface area contributed by atoms with Gasteiger partial charge in [0.1, 0.15) is 0 Å². The number of hydrogen-bond donors (Lipinski definition) is 2. The van der Waals surface area contributed by atoms with Crippen LogP contribution in [0, 0.1) is 0 Å². The SMILES string of the molecule is CN(Cc1ccccc1)Cc1cc(C(=O)OCCCCOC(=O)Cc2ccccc2Nc2c(Cl)cccc2Cl)cc(Br)c1N. The number of rotatable bonds is 14. The van der Waals surface area contributed by atoms with Gasteiger partial charge in [-0.2, -0.15) is 0 Å². The van der Waals surface area contributed by atoms with E-state index in [1.54, 1.807) is 30.3 Å². The van der Waals surface area contributed by atoms with Crippen LogP contribution in [0.2, 0.25) is 10.0 Å². The van der Waals surface area contributed by atoms with E-state index in [0.29, 0.717) is 56.5 Å². The summed E-state index contributed by atoms with van der Waals surface area (Å²) in [5.74, 6) is -0.796. The summed E-state index contributed by atoms with van der Waals surface area (Å²) >= 11 is 16.0.